The Labute approximate surface area is 75.5 Å². The van der Waals surface area contributed by atoms with E-state index in [2.05, 4.69) is 0 Å². The minimum atomic E-state index is -0.800. The van der Waals surface area contributed by atoms with Crippen molar-refractivity contribution in [3.63, 3.8) is 0 Å². The molecule has 2 unspecified atom stereocenters. The van der Waals surface area contributed by atoms with E-state index < -0.39 is 10.8 Å². The molecule has 2 atom stereocenters. The lowest BCUT2D eigenvalue weighted by molar-refractivity contribution is -0.139. The number of hydrogen-bond donors (Lipinski definition) is 1. The van der Waals surface area contributed by atoms with Gasteiger partial charge in [-0.05, 0) is 5.41 Å². The zero-order chi connectivity index (χ0) is 8.81. The first-order valence-corrected chi connectivity index (χ1v) is 4.27. The van der Waals surface area contributed by atoms with E-state index in [1.54, 1.807) is 0 Å². The Morgan fingerprint density at radius 3 is 2.09 bits per heavy atom. The van der Waals surface area contributed by atoms with Crippen molar-refractivity contribution in [2.75, 3.05) is 0 Å². The second-order valence-electron chi connectivity index (χ2n) is 3.50. The third-order valence-electron chi connectivity index (χ3n) is 2.45. The van der Waals surface area contributed by atoms with Crippen molar-refractivity contribution in [3.8, 4) is 0 Å². The summed E-state index contributed by atoms with van der Waals surface area (Å²) in [6, 6.07) is 0. The number of carboxylic acid groups (broad SMARTS) is 1. The molecule has 1 aliphatic carbocycles. The van der Waals surface area contributed by atoms with Gasteiger partial charge in [-0.3, -0.25) is 4.79 Å². The lowest BCUT2D eigenvalue weighted by atomic mass is 10.1. The smallest absolute Gasteiger partial charge is 0.307 e. The third kappa shape index (κ3) is 1.34. The Morgan fingerprint density at radius 2 is 2.00 bits per heavy atom. The summed E-state index contributed by atoms with van der Waals surface area (Å²) in [5, 5.41) is 8.69. The molecule has 4 heteroatoms. The second-order valence-corrected chi connectivity index (χ2v) is 4.66. The average molecular weight is 197 g/mol. The zero-order valence-electron chi connectivity index (χ0n) is 6.34. The molecule has 0 aromatic rings. The zero-order valence-corrected chi connectivity index (χ0v) is 7.86. The van der Waals surface area contributed by atoms with Crippen LogP contribution in [0.5, 0.6) is 0 Å². The predicted molar refractivity (Wildman–Crippen MR) is 43.9 cm³/mol. The van der Waals surface area contributed by atoms with Crippen molar-refractivity contribution in [2.24, 2.45) is 17.3 Å². The van der Waals surface area contributed by atoms with E-state index in [1.165, 1.54) is 0 Å². The molecule has 0 heterocycles. The second kappa shape index (κ2) is 2.53. The van der Waals surface area contributed by atoms with Gasteiger partial charge in [-0.15, -0.1) is 23.2 Å². The van der Waals surface area contributed by atoms with Crippen molar-refractivity contribution < 1.29 is 9.90 Å². The monoisotopic (exact) mass is 196 g/mol. The Bertz CT molecular complexity index is 189. The van der Waals surface area contributed by atoms with Crippen LogP contribution in [-0.4, -0.2) is 15.9 Å². The van der Waals surface area contributed by atoms with E-state index in [9.17, 15) is 4.79 Å². The van der Waals surface area contributed by atoms with E-state index in [1.807, 2.05) is 13.8 Å². The van der Waals surface area contributed by atoms with Gasteiger partial charge in [-0.1, -0.05) is 13.8 Å². The number of hydrogen-bond acceptors (Lipinski definition) is 1. The summed E-state index contributed by atoms with van der Waals surface area (Å²) in [5.41, 5.74) is -0.236. The molecule has 0 aromatic heterocycles. The summed E-state index contributed by atoms with van der Waals surface area (Å²) >= 11 is 11.2. The largest absolute Gasteiger partial charge is 0.481 e. The summed E-state index contributed by atoms with van der Waals surface area (Å²) in [7, 11) is 0. The number of halogens is 2. The topological polar surface area (TPSA) is 37.3 Å². The molecule has 0 aromatic carbocycles. The highest BCUT2D eigenvalue weighted by molar-refractivity contribution is 6.44. The van der Waals surface area contributed by atoms with Gasteiger partial charge in [0, 0.05) is 5.92 Å². The van der Waals surface area contributed by atoms with Gasteiger partial charge in [0.15, 0.2) is 0 Å². The number of alkyl halides is 2. The fraction of sp³-hybridized carbons (Fsp3) is 0.857. The highest BCUT2D eigenvalue weighted by Gasteiger charge is 2.64. The molecule has 64 valence electrons. The maximum Gasteiger partial charge on any atom is 0.307 e. The van der Waals surface area contributed by atoms with Gasteiger partial charge in [0.05, 0.1) is 5.92 Å². The molecule has 0 saturated heterocycles. The molecule has 1 aliphatic rings. The molecule has 0 radical (unpaired) electrons. The molecule has 2 nitrogen and oxygen atoms in total. The van der Waals surface area contributed by atoms with Gasteiger partial charge in [-0.2, -0.15) is 0 Å². The molecule has 0 aliphatic heterocycles. The van der Waals surface area contributed by atoms with Crippen LogP contribution in [0.3, 0.4) is 0 Å². The lowest BCUT2D eigenvalue weighted by Crippen LogP contribution is -2.03. The number of carboxylic acids is 1. The number of carbonyl (C=O) groups is 1. The molecule has 1 N–H and O–H groups in total. The summed E-state index contributed by atoms with van der Waals surface area (Å²) < 4.78 is 0. The molecule has 1 fully saturated rings. The summed E-state index contributed by atoms with van der Waals surface area (Å²) in [6.45, 7) is 3.74. The van der Waals surface area contributed by atoms with Crippen LogP contribution in [0, 0.1) is 17.3 Å². The van der Waals surface area contributed by atoms with Crippen molar-refractivity contribution in [1.82, 2.24) is 0 Å². The SMILES string of the molecule is CC1(C)C(C(=O)O)C1C(Cl)Cl. The maximum atomic E-state index is 10.6. The van der Waals surface area contributed by atoms with Crippen LogP contribution < -0.4 is 0 Å². The molecule has 11 heavy (non-hydrogen) atoms. The highest BCUT2D eigenvalue weighted by atomic mass is 35.5. The van der Waals surface area contributed by atoms with Gasteiger partial charge in [0.25, 0.3) is 0 Å². The summed E-state index contributed by atoms with van der Waals surface area (Å²) in [5.74, 6) is -1.27. The first-order chi connectivity index (χ1) is 4.89. The fourth-order valence-corrected chi connectivity index (χ4v) is 2.56. The van der Waals surface area contributed by atoms with Crippen molar-refractivity contribution in [3.05, 3.63) is 0 Å². The Kier molecular flexibility index (Phi) is 2.10. The van der Waals surface area contributed by atoms with E-state index in [0.29, 0.717) is 0 Å². The molecular formula is C7H10Cl2O2. The quantitative estimate of drug-likeness (QED) is 0.688. The first kappa shape index (κ1) is 9.14. The van der Waals surface area contributed by atoms with E-state index in [-0.39, 0.29) is 17.3 Å². The van der Waals surface area contributed by atoms with Crippen LogP contribution in [0.1, 0.15) is 13.8 Å². The molecular weight excluding hydrogens is 187 g/mol. The lowest BCUT2D eigenvalue weighted by Gasteiger charge is -2.00. The first-order valence-electron chi connectivity index (χ1n) is 3.40. The van der Waals surface area contributed by atoms with E-state index >= 15 is 0 Å². The average Bonchev–Trinajstić information content (AvgIpc) is 2.33. The predicted octanol–water partition coefficient (Wildman–Crippen LogP) is 2.15. The molecule has 1 saturated carbocycles. The minimum Gasteiger partial charge on any atom is -0.481 e. The van der Waals surface area contributed by atoms with Crippen LogP contribution in [0.2, 0.25) is 0 Å². The highest BCUT2D eigenvalue weighted by Crippen LogP contribution is 2.61. The molecule has 0 amide bonds. The van der Waals surface area contributed by atoms with Gasteiger partial charge in [0.1, 0.15) is 4.84 Å². The number of rotatable bonds is 2. The van der Waals surface area contributed by atoms with Crippen molar-refractivity contribution >= 4 is 29.2 Å². The third-order valence-corrected chi connectivity index (χ3v) is 2.99. The fourth-order valence-electron chi connectivity index (χ4n) is 1.62. The van der Waals surface area contributed by atoms with E-state index in [0.717, 1.165) is 0 Å². The van der Waals surface area contributed by atoms with Gasteiger partial charge in [0.2, 0.25) is 0 Å². The van der Waals surface area contributed by atoms with Crippen LogP contribution in [0.25, 0.3) is 0 Å². The molecule has 0 spiro atoms. The standard InChI is InChI=1S/C7H10Cl2O2/c1-7(2)3(5(8)9)4(7)6(10)11/h3-5H,1-2H3,(H,10,11). The van der Waals surface area contributed by atoms with Crippen LogP contribution in [0.15, 0.2) is 0 Å². The normalized spacial score (nSPS) is 33.9. The number of aliphatic carboxylic acids is 1. The van der Waals surface area contributed by atoms with Crippen LogP contribution in [0.4, 0.5) is 0 Å². The van der Waals surface area contributed by atoms with Gasteiger partial charge in [-0.25, -0.2) is 0 Å². The maximum absolute atomic E-state index is 10.6. The molecule has 0 bridgehead atoms. The summed E-state index contributed by atoms with van der Waals surface area (Å²) in [6.07, 6.45) is 0. The molecule has 1 rings (SSSR count). The Morgan fingerprint density at radius 1 is 1.55 bits per heavy atom. The van der Waals surface area contributed by atoms with Crippen molar-refractivity contribution in [2.45, 2.75) is 18.7 Å². The minimum absolute atomic E-state index is 0.0941. The van der Waals surface area contributed by atoms with Gasteiger partial charge < -0.3 is 5.11 Å². The summed E-state index contributed by atoms with van der Waals surface area (Å²) in [4.78, 5) is 10.0. The van der Waals surface area contributed by atoms with Crippen LogP contribution in [-0.2, 0) is 4.79 Å². The van der Waals surface area contributed by atoms with Crippen LogP contribution >= 0.6 is 23.2 Å². The Hall–Kier alpha value is 0.0500. The van der Waals surface area contributed by atoms with E-state index in [4.69, 9.17) is 28.3 Å². The van der Waals surface area contributed by atoms with Crippen molar-refractivity contribution in [1.29, 1.82) is 0 Å². The van der Waals surface area contributed by atoms with Gasteiger partial charge >= 0.3 is 5.97 Å². The Balaban J connectivity index is 2.68.